The lowest BCUT2D eigenvalue weighted by atomic mass is 10.1. The second kappa shape index (κ2) is 9.04. The van der Waals surface area contributed by atoms with Crippen LogP contribution in [0, 0.1) is 21.0 Å². The molecule has 142 valence electrons. The Hall–Kier alpha value is -1.94. The van der Waals surface area contributed by atoms with Crippen LogP contribution in [0.4, 0.5) is 11.4 Å². The summed E-state index contributed by atoms with van der Waals surface area (Å²) in [4.78, 5) is 24.8. The van der Waals surface area contributed by atoms with Crippen LogP contribution in [0.2, 0.25) is 0 Å². The number of carbonyl (C=O) groups excluding carboxylic acids is 2. The lowest BCUT2D eigenvalue weighted by Crippen LogP contribution is -2.13. The van der Waals surface area contributed by atoms with Gasteiger partial charge in [0.15, 0.2) is 0 Å². The van der Waals surface area contributed by atoms with E-state index in [1.54, 1.807) is 24.3 Å². The van der Waals surface area contributed by atoms with Gasteiger partial charge in [-0.15, -0.1) is 0 Å². The first-order valence-corrected chi connectivity index (χ1v) is 10.7. The van der Waals surface area contributed by atoms with Crippen molar-refractivity contribution in [2.75, 3.05) is 10.6 Å². The molecule has 0 atom stereocenters. The molecule has 0 aliphatic heterocycles. The first-order valence-electron chi connectivity index (χ1n) is 8.58. The average molecular weight is 596 g/mol. The van der Waals surface area contributed by atoms with Crippen molar-refractivity contribution in [1.29, 1.82) is 0 Å². The maximum Gasteiger partial charge on any atom is 0.255 e. The van der Waals surface area contributed by atoms with E-state index in [-0.39, 0.29) is 11.8 Å². The third kappa shape index (κ3) is 5.11. The van der Waals surface area contributed by atoms with Crippen LogP contribution in [0.15, 0.2) is 60.7 Å². The summed E-state index contributed by atoms with van der Waals surface area (Å²) in [6, 6.07) is 18.3. The highest BCUT2D eigenvalue weighted by Crippen LogP contribution is 2.19. The number of rotatable bonds is 4. The molecule has 0 heterocycles. The standard InChI is InChI=1S/C22H18I2N2O2/c1-13-3-5-15(11-19(13)23)21(27)25-17-7-9-18(10-8-17)26-22(28)16-6-4-14(2)20(24)12-16/h3-12H,1-2H3,(H,25,27)(H,26,28). The van der Waals surface area contributed by atoms with E-state index >= 15 is 0 Å². The zero-order valence-electron chi connectivity index (χ0n) is 15.3. The van der Waals surface area contributed by atoms with E-state index < -0.39 is 0 Å². The first kappa shape index (κ1) is 20.8. The van der Waals surface area contributed by atoms with Gasteiger partial charge in [0.05, 0.1) is 0 Å². The van der Waals surface area contributed by atoms with Crippen molar-refractivity contribution >= 4 is 68.4 Å². The normalized spacial score (nSPS) is 10.4. The fourth-order valence-electron chi connectivity index (χ4n) is 2.51. The maximum atomic E-state index is 12.4. The van der Waals surface area contributed by atoms with Crippen LogP contribution in [0.3, 0.4) is 0 Å². The smallest absolute Gasteiger partial charge is 0.255 e. The maximum absolute atomic E-state index is 12.4. The molecule has 3 rings (SSSR count). The predicted octanol–water partition coefficient (Wildman–Crippen LogP) is 6.02. The number of hydrogen-bond acceptors (Lipinski definition) is 2. The van der Waals surface area contributed by atoms with Crippen LogP contribution >= 0.6 is 45.2 Å². The number of benzene rings is 3. The van der Waals surface area contributed by atoms with Gasteiger partial charge in [0, 0.05) is 29.6 Å². The molecular formula is C22H18I2N2O2. The van der Waals surface area contributed by atoms with Crippen molar-refractivity contribution in [3.05, 3.63) is 90.1 Å². The third-order valence-electron chi connectivity index (χ3n) is 4.27. The van der Waals surface area contributed by atoms with Crippen molar-refractivity contribution in [3.63, 3.8) is 0 Å². The fourth-order valence-corrected chi connectivity index (χ4v) is 3.54. The summed E-state index contributed by atoms with van der Waals surface area (Å²) in [5, 5.41) is 5.75. The Kier molecular flexibility index (Phi) is 6.71. The summed E-state index contributed by atoms with van der Waals surface area (Å²) < 4.78 is 2.10. The Morgan fingerprint density at radius 1 is 0.643 bits per heavy atom. The van der Waals surface area contributed by atoms with Crippen molar-refractivity contribution in [2.45, 2.75) is 13.8 Å². The highest BCUT2D eigenvalue weighted by atomic mass is 127. The molecule has 2 N–H and O–H groups in total. The SMILES string of the molecule is Cc1ccc(C(=O)Nc2ccc(NC(=O)c3ccc(C)c(I)c3)cc2)cc1I. The second-order valence-corrected chi connectivity index (χ2v) is 8.74. The molecule has 0 bridgehead atoms. The number of carbonyl (C=O) groups is 2. The van der Waals surface area contributed by atoms with Gasteiger partial charge >= 0.3 is 0 Å². The Balaban J connectivity index is 1.65. The number of halogens is 2. The molecule has 3 aromatic carbocycles. The summed E-state index contributed by atoms with van der Waals surface area (Å²) in [5.41, 5.74) is 4.84. The van der Waals surface area contributed by atoms with Gasteiger partial charge in [-0.05, 0) is 119 Å². The molecule has 0 spiro atoms. The highest BCUT2D eigenvalue weighted by Gasteiger charge is 2.10. The summed E-state index contributed by atoms with van der Waals surface area (Å²) in [5.74, 6) is -0.326. The van der Waals surface area contributed by atoms with Gasteiger partial charge in [0.2, 0.25) is 0 Å². The largest absolute Gasteiger partial charge is 0.322 e. The van der Waals surface area contributed by atoms with Crippen LogP contribution in [0.5, 0.6) is 0 Å². The van der Waals surface area contributed by atoms with E-state index in [2.05, 4.69) is 55.8 Å². The summed E-state index contributed by atoms with van der Waals surface area (Å²) in [6.45, 7) is 4.02. The van der Waals surface area contributed by atoms with Crippen LogP contribution in [0.25, 0.3) is 0 Å². The lowest BCUT2D eigenvalue weighted by molar-refractivity contribution is 0.101. The summed E-state index contributed by atoms with van der Waals surface area (Å²) in [6.07, 6.45) is 0. The van der Waals surface area contributed by atoms with Crippen molar-refractivity contribution in [1.82, 2.24) is 0 Å². The summed E-state index contributed by atoms with van der Waals surface area (Å²) in [7, 11) is 0. The Labute approximate surface area is 191 Å². The second-order valence-electron chi connectivity index (χ2n) is 6.41. The molecule has 0 aromatic heterocycles. The third-order valence-corrected chi connectivity index (χ3v) is 6.59. The molecule has 2 amide bonds. The van der Waals surface area contributed by atoms with Crippen LogP contribution in [-0.2, 0) is 0 Å². The summed E-state index contributed by atoms with van der Waals surface area (Å²) >= 11 is 4.43. The molecule has 0 radical (unpaired) electrons. The molecule has 3 aromatic rings. The number of aryl methyl sites for hydroxylation is 2. The molecule has 0 aliphatic rings. The number of amides is 2. The topological polar surface area (TPSA) is 58.2 Å². The van der Waals surface area contributed by atoms with Gasteiger partial charge in [-0.25, -0.2) is 0 Å². The lowest BCUT2D eigenvalue weighted by Gasteiger charge is -2.09. The van der Waals surface area contributed by atoms with Gasteiger partial charge in [0.1, 0.15) is 0 Å². The molecule has 28 heavy (non-hydrogen) atoms. The van der Waals surface area contributed by atoms with Gasteiger partial charge < -0.3 is 10.6 Å². The van der Waals surface area contributed by atoms with Crippen LogP contribution < -0.4 is 10.6 Å². The van der Waals surface area contributed by atoms with Gasteiger partial charge in [-0.1, -0.05) is 12.1 Å². The fraction of sp³-hybridized carbons (Fsp3) is 0.0909. The molecule has 0 aliphatic carbocycles. The van der Waals surface area contributed by atoms with Gasteiger partial charge in [0.25, 0.3) is 11.8 Å². The van der Waals surface area contributed by atoms with E-state index in [4.69, 9.17) is 0 Å². The quantitative estimate of drug-likeness (QED) is 0.363. The zero-order chi connectivity index (χ0) is 20.3. The van der Waals surface area contributed by atoms with E-state index in [0.29, 0.717) is 22.5 Å². The van der Waals surface area contributed by atoms with E-state index in [1.165, 1.54) is 0 Å². The minimum atomic E-state index is -0.163. The molecule has 0 saturated heterocycles. The Morgan fingerprint density at radius 2 is 1.00 bits per heavy atom. The number of hydrogen-bond donors (Lipinski definition) is 2. The number of nitrogens with one attached hydrogen (secondary N) is 2. The Morgan fingerprint density at radius 3 is 1.32 bits per heavy atom. The van der Waals surface area contributed by atoms with Crippen molar-refractivity contribution in [2.24, 2.45) is 0 Å². The molecular weight excluding hydrogens is 578 g/mol. The van der Waals surface area contributed by atoms with E-state index in [9.17, 15) is 9.59 Å². The van der Waals surface area contributed by atoms with E-state index in [1.807, 2.05) is 50.2 Å². The molecule has 0 fully saturated rings. The molecule has 0 saturated carbocycles. The first-order chi connectivity index (χ1) is 13.3. The van der Waals surface area contributed by atoms with Crippen molar-refractivity contribution in [3.8, 4) is 0 Å². The zero-order valence-corrected chi connectivity index (χ0v) is 19.7. The van der Waals surface area contributed by atoms with Crippen LogP contribution in [0.1, 0.15) is 31.8 Å². The van der Waals surface area contributed by atoms with Gasteiger partial charge in [-0.3, -0.25) is 9.59 Å². The van der Waals surface area contributed by atoms with E-state index in [0.717, 1.165) is 18.3 Å². The van der Waals surface area contributed by atoms with Gasteiger partial charge in [-0.2, -0.15) is 0 Å². The highest BCUT2D eigenvalue weighted by molar-refractivity contribution is 14.1. The Bertz CT molecular complexity index is 962. The monoisotopic (exact) mass is 596 g/mol. The molecule has 4 nitrogen and oxygen atoms in total. The minimum absolute atomic E-state index is 0.163. The molecule has 6 heteroatoms. The predicted molar refractivity (Wildman–Crippen MR) is 130 cm³/mol. The number of anilines is 2. The minimum Gasteiger partial charge on any atom is -0.322 e. The van der Waals surface area contributed by atoms with Crippen molar-refractivity contribution < 1.29 is 9.59 Å². The molecule has 0 unspecified atom stereocenters. The average Bonchev–Trinajstić information content (AvgIpc) is 2.67. The van der Waals surface area contributed by atoms with Crippen LogP contribution in [-0.4, -0.2) is 11.8 Å².